The van der Waals surface area contributed by atoms with Crippen molar-refractivity contribution in [2.45, 2.75) is 6.92 Å². The summed E-state index contributed by atoms with van der Waals surface area (Å²) in [5, 5.41) is 11.0. The summed E-state index contributed by atoms with van der Waals surface area (Å²) in [5.74, 6) is 0.860. The first-order valence-corrected chi connectivity index (χ1v) is 20.6. The molecular formula is C49H37N4OPtSi-. The number of pyridine rings is 1. The Morgan fingerprint density at radius 1 is 0.589 bits per heavy atom. The van der Waals surface area contributed by atoms with Crippen LogP contribution in [0, 0.1) is 19.1 Å². The molecule has 0 aliphatic carbocycles. The van der Waals surface area contributed by atoms with E-state index in [1.807, 2.05) is 23.4 Å². The van der Waals surface area contributed by atoms with Crippen molar-refractivity contribution in [1.29, 1.82) is 0 Å². The van der Waals surface area contributed by atoms with E-state index in [0.29, 0.717) is 0 Å². The van der Waals surface area contributed by atoms with Crippen LogP contribution in [0.1, 0.15) is 5.56 Å². The van der Waals surface area contributed by atoms with Gasteiger partial charge in [-0.15, -0.1) is 21.6 Å². The van der Waals surface area contributed by atoms with Crippen molar-refractivity contribution in [3.63, 3.8) is 0 Å². The van der Waals surface area contributed by atoms with E-state index in [2.05, 4.69) is 200 Å². The number of hydrogen-bond acceptors (Lipinski definition) is 3. The summed E-state index contributed by atoms with van der Waals surface area (Å²) in [6.07, 6.45) is 1.92. The van der Waals surface area contributed by atoms with Gasteiger partial charge in [0.05, 0.1) is 7.05 Å². The predicted octanol–water partition coefficient (Wildman–Crippen LogP) is 8.56. The van der Waals surface area contributed by atoms with E-state index in [1.54, 1.807) is 0 Å². The molecule has 1 aliphatic heterocycles. The van der Waals surface area contributed by atoms with E-state index in [9.17, 15) is 0 Å². The number of hydrogen-bond donors (Lipinski definition) is 0. The van der Waals surface area contributed by atoms with Crippen LogP contribution in [-0.4, -0.2) is 29.6 Å². The van der Waals surface area contributed by atoms with Crippen molar-refractivity contribution in [2.24, 2.45) is 0 Å². The van der Waals surface area contributed by atoms with Crippen LogP contribution in [0.2, 0.25) is 0 Å². The van der Waals surface area contributed by atoms with Crippen LogP contribution in [0.15, 0.2) is 182 Å². The Balaban J connectivity index is 0.00000410. The molecule has 7 heteroatoms. The molecule has 1 N–H and O–H groups in total. The average Bonchev–Trinajstić information content (AvgIpc) is 3.76. The second-order valence-corrected chi connectivity index (χ2v) is 17.8. The molecule has 0 bridgehead atoms. The minimum absolute atomic E-state index is 0. The fourth-order valence-electron chi connectivity index (χ4n) is 8.39. The van der Waals surface area contributed by atoms with Crippen LogP contribution in [0.25, 0.3) is 38.8 Å². The summed E-state index contributed by atoms with van der Waals surface area (Å²) < 4.78 is 2.29. The van der Waals surface area contributed by atoms with Gasteiger partial charge in [-0.25, -0.2) is 4.98 Å². The number of aryl methyl sites for hydroxylation is 1. The Kier molecular flexibility index (Phi) is 9.26. The van der Waals surface area contributed by atoms with Gasteiger partial charge in [0.15, 0.2) is 0 Å². The summed E-state index contributed by atoms with van der Waals surface area (Å²) in [6.45, 7) is 2.16. The molecule has 10 rings (SSSR count). The Labute approximate surface area is 342 Å². The van der Waals surface area contributed by atoms with Gasteiger partial charge in [-0.05, 0) is 69.7 Å². The van der Waals surface area contributed by atoms with Gasteiger partial charge in [0.25, 0.3) is 0 Å². The zero-order chi connectivity index (χ0) is 36.9. The largest absolute Gasteiger partial charge is 0.319 e. The molecule has 1 aliphatic rings. The Morgan fingerprint density at radius 3 is 2.02 bits per heavy atom. The van der Waals surface area contributed by atoms with Gasteiger partial charge in [-0.2, -0.15) is 51.7 Å². The average molecular weight is 921 g/mol. The molecule has 9 aromatic rings. The molecule has 0 atom stereocenters. The van der Waals surface area contributed by atoms with Crippen molar-refractivity contribution in [1.82, 2.24) is 9.55 Å². The third-order valence-corrected chi connectivity index (χ3v) is 15.5. The maximum Gasteiger partial charge on any atom is 0.145 e. The number of fused-ring (bicyclic) bond motifs is 4. The fraction of sp³-hybridized carbons (Fsp3) is 0.0408. The smallest absolute Gasteiger partial charge is 0.145 e. The topological polar surface area (TPSA) is 37.1 Å². The monoisotopic (exact) mass is 920 g/mol. The molecule has 0 saturated heterocycles. The molecule has 56 heavy (non-hydrogen) atoms. The summed E-state index contributed by atoms with van der Waals surface area (Å²) >= 11 is 0. The molecular weight excluding hydrogens is 884 g/mol. The maximum atomic E-state index is 5.01. The normalized spacial score (nSPS) is 12.5. The van der Waals surface area contributed by atoms with Crippen LogP contribution in [-0.2, 0) is 21.1 Å². The minimum Gasteiger partial charge on any atom is -0.319 e. The molecule has 0 unspecified atom stereocenters. The van der Waals surface area contributed by atoms with Gasteiger partial charge in [-0.3, -0.25) is 0 Å². The van der Waals surface area contributed by atoms with E-state index >= 15 is 0 Å². The maximum absolute atomic E-state index is 5.01. The second kappa shape index (κ2) is 14.6. The first kappa shape index (κ1) is 35.6. The molecule has 0 amide bonds. The standard InChI is InChI=1S/C49H36N4OSi.Pt/c1-35-16-9-10-23-42(35)36-30-31-50-49(32-36)52-45-25-12-11-24-43(45)44-29-28-41(34-48(44)52)55(38-18-5-3-6-19-38,39-20-7-4-8-21-39)40-22-15-17-37(33-40)53-47-27-14-13-26-46(47)51(2)54-53;/h3-32H,1-2H3;/q-2;/p+1. The second-order valence-electron chi connectivity index (χ2n) is 14.0. The van der Waals surface area contributed by atoms with Gasteiger partial charge < -0.3 is 4.57 Å². The number of rotatable bonds is 7. The van der Waals surface area contributed by atoms with E-state index in [0.717, 1.165) is 55.2 Å². The van der Waals surface area contributed by atoms with Crippen molar-refractivity contribution in [3.05, 3.63) is 200 Å². The summed E-state index contributed by atoms with van der Waals surface area (Å²) in [4.78, 5) is 9.96. The van der Waals surface area contributed by atoms with Gasteiger partial charge in [0.2, 0.25) is 0 Å². The van der Waals surface area contributed by atoms with E-state index in [-0.39, 0.29) is 21.1 Å². The number of anilines is 3. The number of benzene rings is 7. The Hall–Kier alpha value is -6.04. The number of hydroxylamine groups is 1. The van der Waals surface area contributed by atoms with Crippen molar-refractivity contribution < 1.29 is 26.0 Å². The molecule has 0 spiro atoms. The molecule has 274 valence electrons. The van der Waals surface area contributed by atoms with E-state index in [4.69, 9.17) is 9.92 Å². The van der Waals surface area contributed by atoms with Crippen molar-refractivity contribution in [3.8, 4) is 16.9 Å². The summed E-state index contributed by atoms with van der Waals surface area (Å²) in [7, 11) is -1.09. The van der Waals surface area contributed by atoms with Crippen LogP contribution in [0.4, 0.5) is 17.1 Å². The summed E-state index contributed by atoms with van der Waals surface area (Å²) in [6, 6.07) is 70.9. The van der Waals surface area contributed by atoms with Crippen LogP contribution >= 0.6 is 0 Å². The molecule has 7 aromatic carbocycles. The third kappa shape index (κ3) is 5.72. The van der Waals surface area contributed by atoms with E-state index in [1.165, 1.54) is 26.9 Å². The van der Waals surface area contributed by atoms with Gasteiger partial charge >= 0.3 is 0 Å². The molecule has 2 aromatic heterocycles. The van der Waals surface area contributed by atoms with Crippen LogP contribution in [0.3, 0.4) is 0 Å². The molecule has 0 saturated carbocycles. The predicted molar refractivity (Wildman–Crippen MR) is 229 cm³/mol. The number of aromatic nitrogens is 2. The van der Waals surface area contributed by atoms with Gasteiger partial charge in [0.1, 0.15) is 25.3 Å². The molecule has 3 heterocycles. The van der Waals surface area contributed by atoms with Crippen LogP contribution in [0.5, 0.6) is 0 Å². The quantitative estimate of drug-likeness (QED) is 0.0697. The third-order valence-electron chi connectivity index (χ3n) is 10.9. The number of para-hydroxylation sites is 3. The van der Waals surface area contributed by atoms with Crippen molar-refractivity contribution >= 4 is 67.7 Å². The van der Waals surface area contributed by atoms with Gasteiger partial charge in [0, 0.05) is 38.5 Å². The van der Waals surface area contributed by atoms with E-state index < -0.39 is 8.07 Å². The van der Waals surface area contributed by atoms with Crippen molar-refractivity contribution in [2.75, 3.05) is 17.2 Å². The first-order valence-electron chi connectivity index (χ1n) is 18.6. The molecule has 0 fully saturated rings. The first-order chi connectivity index (χ1) is 27.1. The number of nitrogens with zero attached hydrogens (tertiary/aromatic N) is 4. The SMILES string of the molecule is Cc1ccccc1-c1ccnc(-n2c3[c-]c([Si](c4[c-]c(N5[OH+]N(C)c6ccccc65)ccc4)(c4ccccc4)c4ccccc4)ccc3c3ccccc32)c1.[Pt]. The van der Waals surface area contributed by atoms with Gasteiger partial charge in [-0.1, -0.05) is 121 Å². The Bertz CT molecular complexity index is 2820. The molecule has 0 radical (unpaired) electrons. The van der Waals surface area contributed by atoms with Crippen LogP contribution < -0.4 is 30.9 Å². The summed E-state index contributed by atoms with van der Waals surface area (Å²) in [5.41, 5.74) is 8.64. The zero-order valence-corrected chi connectivity index (χ0v) is 34.1. The minimum atomic E-state index is -3.08. The zero-order valence-electron chi connectivity index (χ0n) is 30.9. The fourth-order valence-corrected chi connectivity index (χ4v) is 12.9. The Morgan fingerprint density at radius 2 is 1.25 bits per heavy atom. The molecule has 5 nitrogen and oxygen atoms in total.